The highest BCUT2D eigenvalue weighted by molar-refractivity contribution is 7.12. The molecule has 1 aliphatic rings. The third-order valence-corrected chi connectivity index (χ3v) is 5.74. The van der Waals surface area contributed by atoms with Crippen LogP contribution in [0.5, 0.6) is 0 Å². The third-order valence-electron chi connectivity index (χ3n) is 4.87. The van der Waals surface area contributed by atoms with E-state index in [1.165, 1.54) is 11.3 Å². The zero-order valence-corrected chi connectivity index (χ0v) is 16.7. The van der Waals surface area contributed by atoms with Gasteiger partial charge in [-0.1, -0.05) is 13.0 Å². The Morgan fingerprint density at radius 3 is 2.64 bits per heavy atom. The lowest BCUT2D eigenvalue weighted by atomic mass is 10.00. The molecule has 0 spiro atoms. The Balaban J connectivity index is 1.51. The molecule has 1 aromatic carbocycles. The summed E-state index contributed by atoms with van der Waals surface area (Å²) in [5, 5.41) is 4.61. The number of hydrogen-bond donors (Lipinski definition) is 1. The fourth-order valence-corrected chi connectivity index (χ4v) is 3.96. The van der Waals surface area contributed by atoms with Gasteiger partial charge in [0.1, 0.15) is 0 Å². The van der Waals surface area contributed by atoms with Crippen LogP contribution in [0.25, 0.3) is 0 Å². The molecule has 28 heavy (non-hydrogen) atoms. The molecule has 7 heteroatoms. The van der Waals surface area contributed by atoms with Gasteiger partial charge in [-0.2, -0.15) is 0 Å². The monoisotopic (exact) mass is 400 g/mol. The van der Waals surface area contributed by atoms with Gasteiger partial charge in [-0.25, -0.2) is 4.79 Å². The van der Waals surface area contributed by atoms with Crippen molar-refractivity contribution in [2.45, 2.75) is 38.6 Å². The van der Waals surface area contributed by atoms with Crippen molar-refractivity contribution >= 4 is 34.8 Å². The van der Waals surface area contributed by atoms with Gasteiger partial charge in [-0.15, -0.1) is 11.3 Å². The van der Waals surface area contributed by atoms with E-state index in [4.69, 9.17) is 4.74 Å². The second-order valence-corrected chi connectivity index (χ2v) is 7.68. The molecule has 1 aromatic heterocycles. The third kappa shape index (κ3) is 4.98. The fraction of sp³-hybridized carbons (Fsp3) is 0.381. The van der Waals surface area contributed by atoms with Crippen LogP contribution in [0.1, 0.15) is 52.6 Å². The minimum atomic E-state index is -0.547. The molecule has 1 saturated heterocycles. The number of anilines is 1. The van der Waals surface area contributed by atoms with Crippen LogP contribution in [0, 0.1) is 0 Å². The summed E-state index contributed by atoms with van der Waals surface area (Å²) in [6.07, 6.45) is 4.06. The standard InChI is InChI=1S/C21H24N2O4S/c1-2-17-6-3-4-12-23(17)19(24)14-27-21(26)15-8-10-16(11-9-15)22-20(25)18-7-5-13-28-18/h5,7-11,13,17H,2-4,6,12,14H2,1H3,(H,22,25)/t17-/m0/s1. The lowest BCUT2D eigenvalue weighted by molar-refractivity contribution is -0.138. The number of thiophene rings is 1. The molecule has 0 radical (unpaired) electrons. The number of amides is 2. The van der Waals surface area contributed by atoms with Crippen molar-refractivity contribution in [1.29, 1.82) is 0 Å². The number of carbonyl (C=O) groups is 3. The first kappa shape index (κ1) is 20.1. The summed E-state index contributed by atoms with van der Waals surface area (Å²) in [5.74, 6) is -0.878. The zero-order chi connectivity index (χ0) is 19.9. The van der Waals surface area contributed by atoms with E-state index in [1.807, 2.05) is 16.3 Å². The largest absolute Gasteiger partial charge is 0.452 e. The van der Waals surface area contributed by atoms with E-state index >= 15 is 0 Å². The highest BCUT2D eigenvalue weighted by atomic mass is 32.1. The van der Waals surface area contributed by atoms with Gasteiger partial charge < -0.3 is 15.0 Å². The number of hydrogen-bond acceptors (Lipinski definition) is 5. The van der Waals surface area contributed by atoms with Crippen molar-refractivity contribution in [3.8, 4) is 0 Å². The molecule has 1 atom stereocenters. The molecular formula is C21H24N2O4S. The summed E-state index contributed by atoms with van der Waals surface area (Å²) < 4.78 is 5.20. The summed E-state index contributed by atoms with van der Waals surface area (Å²) in [4.78, 5) is 39.1. The van der Waals surface area contributed by atoms with Gasteiger partial charge in [0.15, 0.2) is 6.61 Å². The smallest absolute Gasteiger partial charge is 0.338 e. The number of carbonyl (C=O) groups excluding carboxylic acids is 3. The lowest BCUT2D eigenvalue weighted by Crippen LogP contribution is -2.45. The first-order valence-electron chi connectivity index (χ1n) is 9.50. The predicted molar refractivity (Wildman–Crippen MR) is 109 cm³/mol. The molecule has 2 aromatic rings. The molecule has 1 aliphatic heterocycles. The summed E-state index contributed by atoms with van der Waals surface area (Å²) in [5.41, 5.74) is 0.928. The van der Waals surface area contributed by atoms with Crippen molar-refractivity contribution < 1.29 is 19.1 Å². The van der Waals surface area contributed by atoms with Crippen molar-refractivity contribution in [1.82, 2.24) is 4.90 Å². The van der Waals surface area contributed by atoms with Crippen LogP contribution in [0.4, 0.5) is 5.69 Å². The van der Waals surface area contributed by atoms with E-state index in [9.17, 15) is 14.4 Å². The van der Waals surface area contributed by atoms with Crippen LogP contribution < -0.4 is 5.32 Å². The second-order valence-electron chi connectivity index (χ2n) is 6.73. The molecule has 2 heterocycles. The van der Waals surface area contributed by atoms with Gasteiger partial charge in [0.2, 0.25) is 0 Å². The molecule has 2 amide bonds. The molecule has 0 unspecified atom stereocenters. The van der Waals surface area contributed by atoms with E-state index < -0.39 is 5.97 Å². The molecule has 1 N–H and O–H groups in total. The summed E-state index contributed by atoms with van der Waals surface area (Å²) in [7, 11) is 0. The van der Waals surface area contributed by atoms with Crippen LogP contribution in [0.3, 0.4) is 0 Å². The van der Waals surface area contributed by atoms with Crippen molar-refractivity contribution in [2.24, 2.45) is 0 Å². The van der Waals surface area contributed by atoms with Crippen LogP contribution >= 0.6 is 11.3 Å². The minimum Gasteiger partial charge on any atom is -0.452 e. The second kappa shape index (κ2) is 9.50. The average Bonchev–Trinajstić information content (AvgIpc) is 3.27. The zero-order valence-electron chi connectivity index (χ0n) is 15.8. The van der Waals surface area contributed by atoms with Crippen molar-refractivity contribution in [3.63, 3.8) is 0 Å². The molecule has 148 valence electrons. The molecule has 0 saturated carbocycles. The Hall–Kier alpha value is -2.67. The first-order chi connectivity index (χ1) is 13.6. The summed E-state index contributed by atoms with van der Waals surface area (Å²) in [6, 6.07) is 10.2. The Morgan fingerprint density at radius 1 is 1.18 bits per heavy atom. The van der Waals surface area contributed by atoms with Crippen molar-refractivity contribution in [2.75, 3.05) is 18.5 Å². The molecule has 0 bridgehead atoms. The lowest BCUT2D eigenvalue weighted by Gasteiger charge is -2.35. The Bertz CT molecular complexity index is 817. The number of likely N-dealkylation sites (tertiary alicyclic amines) is 1. The van der Waals surface area contributed by atoms with Gasteiger partial charge in [0.25, 0.3) is 11.8 Å². The van der Waals surface area contributed by atoms with E-state index in [1.54, 1.807) is 30.3 Å². The normalized spacial score (nSPS) is 16.5. The highest BCUT2D eigenvalue weighted by Crippen LogP contribution is 2.20. The van der Waals surface area contributed by atoms with Crippen molar-refractivity contribution in [3.05, 3.63) is 52.2 Å². The Labute approximate surface area is 168 Å². The van der Waals surface area contributed by atoms with E-state index in [0.29, 0.717) is 16.1 Å². The highest BCUT2D eigenvalue weighted by Gasteiger charge is 2.26. The molecule has 6 nitrogen and oxygen atoms in total. The van der Waals surface area contributed by atoms with Gasteiger partial charge in [0, 0.05) is 18.3 Å². The van der Waals surface area contributed by atoms with Gasteiger partial charge in [-0.3, -0.25) is 9.59 Å². The topological polar surface area (TPSA) is 75.7 Å². The van der Waals surface area contributed by atoms with Gasteiger partial charge in [0.05, 0.1) is 10.4 Å². The quantitative estimate of drug-likeness (QED) is 0.745. The minimum absolute atomic E-state index is 0.139. The number of rotatable bonds is 6. The number of ether oxygens (including phenoxy) is 1. The average molecular weight is 401 g/mol. The summed E-state index contributed by atoms with van der Waals surface area (Å²) in [6.45, 7) is 2.56. The number of piperidine rings is 1. The SMILES string of the molecule is CC[C@H]1CCCCN1C(=O)COC(=O)c1ccc(NC(=O)c2cccs2)cc1. The predicted octanol–water partition coefficient (Wildman–Crippen LogP) is 3.95. The van der Waals surface area contributed by atoms with Gasteiger partial charge >= 0.3 is 5.97 Å². The maximum absolute atomic E-state index is 12.4. The first-order valence-corrected chi connectivity index (χ1v) is 10.4. The van der Waals surface area contributed by atoms with E-state index in [-0.39, 0.29) is 24.5 Å². The number of nitrogens with zero attached hydrogens (tertiary/aromatic N) is 1. The number of benzene rings is 1. The van der Waals surface area contributed by atoms with E-state index in [0.717, 1.165) is 32.2 Å². The Kier molecular flexibility index (Phi) is 6.81. The van der Waals surface area contributed by atoms with Gasteiger partial charge in [-0.05, 0) is 61.4 Å². The number of esters is 1. The van der Waals surface area contributed by atoms with Crippen LogP contribution in [-0.4, -0.2) is 41.9 Å². The molecule has 1 fully saturated rings. The van der Waals surface area contributed by atoms with Crippen LogP contribution in [0.2, 0.25) is 0 Å². The molecular weight excluding hydrogens is 376 g/mol. The maximum atomic E-state index is 12.4. The molecule has 3 rings (SSSR count). The van der Waals surface area contributed by atoms with E-state index in [2.05, 4.69) is 12.2 Å². The van der Waals surface area contributed by atoms with Crippen LogP contribution in [-0.2, 0) is 9.53 Å². The van der Waals surface area contributed by atoms with Crippen LogP contribution in [0.15, 0.2) is 41.8 Å². The molecule has 0 aliphatic carbocycles. The number of nitrogens with one attached hydrogen (secondary N) is 1. The fourth-order valence-electron chi connectivity index (χ4n) is 3.34. The Morgan fingerprint density at radius 2 is 1.96 bits per heavy atom. The summed E-state index contributed by atoms with van der Waals surface area (Å²) >= 11 is 1.36. The maximum Gasteiger partial charge on any atom is 0.338 e.